The zero-order valence-corrected chi connectivity index (χ0v) is 14.3. The first-order chi connectivity index (χ1) is 10.5. The van der Waals surface area contributed by atoms with Gasteiger partial charge in [-0.3, -0.25) is 4.79 Å². The number of hydrogen-bond donors (Lipinski definition) is 3. The Morgan fingerprint density at radius 1 is 1.39 bits per heavy atom. The summed E-state index contributed by atoms with van der Waals surface area (Å²) >= 11 is 0. The number of nitrogens with two attached hydrogens (primary N) is 1. The summed E-state index contributed by atoms with van der Waals surface area (Å²) < 4.78 is 0. The van der Waals surface area contributed by atoms with Gasteiger partial charge in [0.25, 0.3) is 5.91 Å². The summed E-state index contributed by atoms with van der Waals surface area (Å²) in [5.74, 6) is 0.183. The van der Waals surface area contributed by atoms with Crippen molar-refractivity contribution in [1.82, 2.24) is 9.88 Å². The van der Waals surface area contributed by atoms with Gasteiger partial charge in [0.05, 0.1) is 0 Å². The fraction of sp³-hybridized carbons (Fsp3) is 0.471. The second-order valence-electron chi connectivity index (χ2n) is 6.32. The monoisotopic (exact) mass is 337 g/mol. The number of H-pyrrole nitrogens is 1. The number of halogens is 1. The van der Waals surface area contributed by atoms with Crippen molar-refractivity contribution in [2.24, 2.45) is 11.7 Å². The van der Waals surface area contributed by atoms with Gasteiger partial charge in [-0.1, -0.05) is 11.6 Å². The van der Waals surface area contributed by atoms with Gasteiger partial charge in [0.2, 0.25) is 0 Å². The minimum atomic E-state index is -0.0528. The number of likely N-dealkylation sites (tertiary alicyclic amines) is 1. The van der Waals surface area contributed by atoms with Crippen LogP contribution in [-0.4, -0.2) is 46.6 Å². The molecule has 1 amide bonds. The zero-order chi connectivity index (χ0) is 15.9. The highest BCUT2D eigenvalue weighted by Gasteiger charge is 2.34. The van der Waals surface area contributed by atoms with E-state index in [-0.39, 0.29) is 36.9 Å². The molecule has 4 N–H and O–H groups in total. The molecule has 0 aliphatic carbocycles. The average molecular weight is 338 g/mol. The number of nitrogens with one attached hydrogen (secondary N) is 1. The molecule has 1 aromatic heterocycles. The molecule has 1 fully saturated rings. The van der Waals surface area contributed by atoms with Crippen LogP contribution in [0.5, 0.6) is 0 Å². The predicted octanol–water partition coefficient (Wildman–Crippen LogP) is 1.99. The molecule has 1 aromatic carbocycles. The van der Waals surface area contributed by atoms with Gasteiger partial charge in [0, 0.05) is 36.6 Å². The molecule has 1 aliphatic heterocycles. The number of carbonyl (C=O) groups excluding carboxylic acids is 1. The van der Waals surface area contributed by atoms with Gasteiger partial charge >= 0.3 is 0 Å². The van der Waals surface area contributed by atoms with Crippen molar-refractivity contribution in [2.45, 2.75) is 26.3 Å². The summed E-state index contributed by atoms with van der Waals surface area (Å²) in [6, 6.07) is 6.10. The van der Waals surface area contributed by atoms with E-state index >= 15 is 0 Å². The Kier molecular flexibility index (Phi) is 5.34. The number of nitrogens with zero attached hydrogens (tertiary/aromatic N) is 1. The molecule has 0 unspecified atom stereocenters. The quantitative estimate of drug-likeness (QED) is 0.801. The Balaban J connectivity index is 0.00000192. The Bertz CT molecular complexity index is 713. The lowest BCUT2D eigenvalue weighted by atomic mass is 10.0. The first-order valence-electron chi connectivity index (χ1n) is 7.76. The van der Waals surface area contributed by atoms with E-state index in [9.17, 15) is 4.79 Å². The fourth-order valence-corrected chi connectivity index (χ4v) is 3.35. The first-order valence-corrected chi connectivity index (χ1v) is 7.76. The average Bonchev–Trinajstić information content (AvgIpc) is 3.01. The number of aromatic amines is 1. The maximum absolute atomic E-state index is 12.8. The molecule has 0 spiro atoms. The highest BCUT2D eigenvalue weighted by Crippen LogP contribution is 2.26. The number of hydrogen-bond acceptors (Lipinski definition) is 3. The van der Waals surface area contributed by atoms with E-state index in [4.69, 9.17) is 10.8 Å². The molecule has 0 saturated carbocycles. The van der Waals surface area contributed by atoms with Crippen LogP contribution < -0.4 is 5.73 Å². The Morgan fingerprint density at radius 2 is 2.13 bits per heavy atom. The van der Waals surface area contributed by atoms with Crippen LogP contribution in [-0.2, 0) is 0 Å². The molecular formula is C17H24ClN3O2. The lowest BCUT2D eigenvalue weighted by Crippen LogP contribution is -2.32. The zero-order valence-electron chi connectivity index (χ0n) is 13.5. The molecule has 5 nitrogen and oxygen atoms in total. The van der Waals surface area contributed by atoms with Gasteiger partial charge in [0.15, 0.2) is 0 Å². The first kappa shape index (κ1) is 17.8. The Morgan fingerprint density at radius 3 is 2.83 bits per heavy atom. The molecule has 0 bridgehead atoms. The number of rotatable bonds is 3. The number of aliphatic hydroxyl groups excluding tert-OH is 1. The number of amides is 1. The normalized spacial score (nSPS) is 20.8. The summed E-state index contributed by atoms with van der Waals surface area (Å²) in [6.45, 7) is 5.32. The van der Waals surface area contributed by atoms with Crippen molar-refractivity contribution >= 4 is 29.2 Å². The van der Waals surface area contributed by atoms with Crippen LogP contribution in [0.1, 0.15) is 28.0 Å². The van der Waals surface area contributed by atoms with Crippen molar-refractivity contribution in [3.05, 3.63) is 35.0 Å². The number of aromatic nitrogens is 1. The van der Waals surface area contributed by atoms with Crippen molar-refractivity contribution in [3.63, 3.8) is 0 Å². The fourth-order valence-electron chi connectivity index (χ4n) is 3.35. The van der Waals surface area contributed by atoms with E-state index in [0.29, 0.717) is 25.2 Å². The van der Waals surface area contributed by atoms with Crippen molar-refractivity contribution in [3.8, 4) is 0 Å². The highest BCUT2D eigenvalue weighted by atomic mass is 35.5. The molecule has 1 aliphatic rings. The maximum Gasteiger partial charge on any atom is 0.270 e. The molecule has 126 valence electrons. The van der Waals surface area contributed by atoms with E-state index in [0.717, 1.165) is 16.5 Å². The molecule has 2 aromatic rings. The standard InChI is InChI=1S/C17H23N3O2.ClH/c1-10-3-4-15-13(7-10)11(2)16(19-15)17(22)20-8-12(5-6-21)14(18)9-20;/h3-4,7,12,14,19,21H,5-6,8-9,18H2,1-2H3;1H/t12-,14-;/m0./s1. The Labute approximate surface area is 142 Å². The molecule has 1 saturated heterocycles. The molecule has 23 heavy (non-hydrogen) atoms. The van der Waals surface area contributed by atoms with E-state index in [1.165, 1.54) is 5.56 Å². The van der Waals surface area contributed by atoms with Crippen LogP contribution >= 0.6 is 12.4 Å². The minimum absolute atomic E-state index is 0. The number of aliphatic hydroxyl groups is 1. The molecule has 2 atom stereocenters. The second-order valence-corrected chi connectivity index (χ2v) is 6.32. The molecule has 0 radical (unpaired) electrons. The van der Waals surface area contributed by atoms with Crippen molar-refractivity contribution < 1.29 is 9.90 Å². The van der Waals surface area contributed by atoms with Crippen LogP contribution in [0.3, 0.4) is 0 Å². The summed E-state index contributed by atoms with van der Waals surface area (Å²) in [7, 11) is 0. The van der Waals surface area contributed by atoms with Gasteiger partial charge < -0.3 is 20.7 Å². The smallest absolute Gasteiger partial charge is 0.270 e. The van der Waals surface area contributed by atoms with Crippen LogP contribution in [0.4, 0.5) is 0 Å². The van der Waals surface area contributed by atoms with Crippen LogP contribution in [0.25, 0.3) is 10.9 Å². The number of fused-ring (bicyclic) bond motifs is 1. The van der Waals surface area contributed by atoms with Gasteiger partial charge in [-0.2, -0.15) is 0 Å². The third-order valence-electron chi connectivity index (χ3n) is 4.71. The van der Waals surface area contributed by atoms with E-state index < -0.39 is 0 Å². The van der Waals surface area contributed by atoms with E-state index in [2.05, 4.69) is 11.1 Å². The van der Waals surface area contributed by atoms with Crippen LogP contribution in [0.2, 0.25) is 0 Å². The summed E-state index contributed by atoms with van der Waals surface area (Å²) in [5.41, 5.74) is 9.90. The van der Waals surface area contributed by atoms with Gasteiger partial charge in [-0.15, -0.1) is 12.4 Å². The van der Waals surface area contributed by atoms with Crippen molar-refractivity contribution in [1.29, 1.82) is 0 Å². The molecular weight excluding hydrogens is 314 g/mol. The second kappa shape index (κ2) is 6.91. The van der Waals surface area contributed by atoms with Crippen molar-refractivity contribution in [2.75, 3.05) is 19.7 Å². The summed E-state index contributed by atoms with van der Waals surface area (Å²) in [6.07, 6.45) is 0.649. The van der Waals surface area contributed by atoms with Crippen LogP contribution in [0.15, 0.2) is 18.2 Å². The topological polar surface area (TPSA) is 82.3 Å². The predicted molar refractivity (Wildman–Crippen MR) is 94.1 cm³/mol. The summed E-state index contributed by atoms with van der Waals surface area (Å²) in [5, 5.41) is 10.2. The SMILES string of the molecule is Cc1ccc2[nH]c(C(=O)N3C[C@H](CCO)[C@@H](N)C3)c(C)c2c1.Cl. The Hall–Kier alpha value is -1.56. The molecule has 2 heterocycles. The third kappa shape index (κ3) is 3.22. The molecule has 3 rings (SSSR count). The van der Waals surface area contributed by atoms with Crippen LogP contribution in [0, 0.1) is 19.8 Å². The van der Waals surface area contributed by atoms with E-state index in [1.54, 1.807) is 4.90 Å². The van der Waals surface area contributed by atoms with E-state index in [1.807, 2.05) is 26.0 Å². The number of benzene rings is 1. The molecule has 6 heteroatoms. The maximum atomic E-state index is 12.8. The third-order valence-corrected chi connectivity index (χ3v) is 4.71. The summed E-state index contributed by atoms with van der Waals surface area (Å²) in [4.78, 5) is 17.8. The lowest BCUT2D eigenvalue weighted by Gasteiger charge is -2.15. The minimum Gasteiger partial charge on any atom is -0.396 e. The van der Waals surface area contributed by atoms with Gasteiger partial charge in [0.1, 0.15) is 5.69 Å². The van der Waals surface area contributed by atoms with Gasteiger partial charge in [-0.25, -0.2) is 0 Å². The number of carbonyl (C=O) groups is 1. The largest absolute Gasteiger partial charge is 0.396 e. The number of aryl methyl sites for hydroxylation is 2. The highest BCUT2D eigenvalue weighted by molar-refractivity contribution is 6.01. The lowest BCUT2D eigenvalue weighted by molar-refractivity contribution is 0.0778. The van der Waals surface area contributed by atoms with Gasteiger partial charge in [-0.05, 0) is 43.9 Å².